The maximum absolute atomic E-state index is 10.6. The number of carbonyl (C=O) groups excluding carboxylic acids is 1. The number of pyridine rings is 1. The van der Waals surface area contributed by atoms with Gasteiger partial charge < -0.3 is 4.79 Å². The van der Waals surface area contributed by atoms with E-state index < -0.39 is 0 Å². The highest BCUT2D eigenvalue weighted by atomic mass is 79.9. The van der Waals surface area contributed by atoms with Crippen LogP contribution in [0.5, 0.6) is 0 Å². The van der Waals surface area contributed by atoms with E-state index in [-0.39, 0.29) is 4.83 Å². The van der Waals surface area contributed by atoms with Gasteiger partial charge in [0.2, 0.25) is 0 Å². The van der Waals surface area contributed by atoms with Crippen molar-refractivity contribution in [1.82, 2.24) is 4.98 Å². The molecule has 0 aromatic carbocycles. The Morgan fingerprint density at radius 3 is 2.69 bits per heavy atom. The lowest BCUT2D eigenvalue weighted by molar-refractivity contribution is -0.107. The summed E-state index contributed by atoms with van der Waals surface area (Å²) < 4.78 is 0. The number of hydrogen-bond acceptors (Lipinski definition) is 2. The lowest BCUT2D eigenvalue weighted by Crippen LogP contribution is -2.00. The van der Waals surface area contributed by atoms with E-state index in [1.165, 1.54) is 5.56 Å². The molecule has 0 N–H and O–H groups in total. The van der Waals surface area contributed by atoms with Gasteiger partial charge in [0, 0.05) is 12.4 Å². The van der Waals surface area contributed by atoms with Gasteiger partial charge in [-0.2, -0.15) is 0 Å². The maximum Gasteiger partial charge on any atom is 0.138 e. The predicted octanol–water partition coefficient (Wildman–Crippen LogP) is 2.84. The Morgan fingerprint density at radius 1 is 1.46 bits per heavy atom. The molecule has 0 saturated carbocycles. The minimum absolute atomic E-state index is 0.237. The van der Waals surface area contributed by atoms with Gasteiger partial charge >= 0.3 is 0 Å². The highest BCUT2D eigenvalue weighted by Gasteiger charge is 2.12. The topological polar surface area (TPSA) is 30.0 Å². The Balaban J connectivity index is 3.11. The van der Waals surface area contributed by atoms with Gasteiger partial charge in [-0.25, -0.2) is 0 Å². The molecule has 70 valence electrons. The zero-order valence-electron chi connectivity index (χ0n) is 7.70. The standard InChI is InChI=1S/C10H12BrNO/c1-7(2)8-3-4-12-5-9(8)10(11)6-13/h3-7,10H,1-2H3. The monoisotopic (exact) mass is 241 g/mol. The van der Waals surface area contributed by atoms with Crippen molar-refractivity contribution < 1.29 is 4.79 Å². The largest absolute Gasteiger partial charge is 0.302 e. The number of hydrogen-bond donors (Lipinski definition) is 0. The molecule has 1 aromatic heterocycles. The quantitative estimate of drug-likeness (QED) is 0.602. The van der Waals surface area contributed by atoms with Gasteiger partial charge in [-0.15, -0.1) is 0 Å². The molecule has 0 saturated heterocycles. The van der Waals surface area contributed by atoms with Crippen LogP contribution in [0.1, 0.15) is 35.7 Å². The minimum atomic E-state index is -0.237. The summed E-state index contributed by atoms with van der Waals surface area (Å²) in [4.78, 5) is 14.4. The molecule has 13 heavy (non-hydrogen) atoms. The predicted molar refractivity (Wildman–Crippen MR) is 56.1 cm³/mol. The first-order chi connectivity index (χ1) is 6.16. The highest BCUT2D eigenvalue weighted by molar-refractivity contribution is 9.09. The number of halogens is 1. The fourth-order valence-electron chi connectivity index (χ4n) is 1.25. The fourth-order valence-corrected chi connectivity index (χ4v) is 1.63. The molecule has 2 nitrogen and oxygen atoms in total. The van der Waals surface area contributed by atoms with Gasteiger partial charge in [-0.05, 0) is 23.1 Å². The molecule has 0 spiro atoms. The van der Waals surface area contributed by atoms with Crippen molar-refractivity contribution in [3.63, 3.8) is 0 Å². The third kappa shape index (κ3) is 2.37. The van der Waals surface area contributed by atoms with Crippen molar-refractivity contribution in [1.29, 1.82) is 0 Å². The summed E-state index contributed by atoms with van der Waals surface area (Å²) in [6, 6.07) is 1.96. The van der Waals surface area contributed by atoms with Crippen molar-refractivity contribution in [2.24, 2.45) is 0 Å². The Kier molecular flexibility index (Phi) is 3.60. The normalized spacial score (nSPS) is 12.9. The SMILES string of the molecule is CC(C)c1ccncc1C(Br)C=O. The van der Waals surface area contributed by atoms with Crippen LogP contribution in [0.4, 0.5) is 0 Å². The summed E-state index contributed by atoms with van der Waals surface area (Å²) in [6.45, 7) is 4.20. The van der Waals surface area contributed by atoms with Gasteiger partial charge in [-0.1, -0.05) is 29.8 Å². The van der Waals surface area contributed by atoms with Crippen LogP contribution >= 0.6 is 15.9 Å². The fraction of sp³-hybridized carbons (Fsp3) is 0.400. The minimum Gasteiger partial charge on any atom is -0.302 e. The molecule has 1 rings (SSSR count). The summed E-state index contributed by atoms with van der Waals surface area (Å²) in [5.41, 5.74) is 2.14. The van der Waals surface area contributed by atoms with Crippen LogP contribution in [0.25, 0.3) is 0 Å². The number of alkyl halides is 1. The molecule has 3 heteroatoms. The molecule has 0 radical (unpaired) electrons. The maximum atomic E-state index is 10.6. The molecule has 1 heterocycles. The van der Waals surface area contributed by atoms with E-state index in [1.807, 2.05) is 6.07 Å². The molecule has 0 aliphatic rings. The average molecular weight is 242 g/mol. The second kappa shape index (κ2) is 4.51. The van der Waals surface area contributed by atoms with Crippen molar-refractivity contribution in [3.8, 4) is 0 Å². The Hall–Kier alpha value is -0.700. The van der Waals surface area contributed by atoms with Crippen molar-refractivity contribution in [2.45, 2.75) is 24.6 Å². The van der Waals surface area contributed by atoms with Gasteiger partial charge in [0.05, 0.1) is 4.83 Å². The van der Waals surface area contributed by atoms with E-state index in [0.717, 1.165) is 11.8 Å². The number of aldehydes is 1. The molecule has 0 aliphatic heterocycles. The molecule has 0 aliphatic carbocycles. The number of nitrogens with zero attached hydrogens (tertiary/aromatic N) is 1. The van der Waals surface area contributed by atoms with Gasteiger partial charge in [-0.3, -0.25) is 4.98 Å². The van der Waals surface area contributed by atoms with Crippen LogP contribution in [0, 0.1) is 0 Å². The van der Waals surface area contributed by atoms with Gasteiger partial charge in [0.25, 0.3) is 0 Å². The van der Waals surface area contributed by atoms with E-state index in [1.54, 1.807) is 12.4 Å². The first-order valence-corrected chi connectivity index (χ1v) is 5.11. The molecule has 1 unspecified atom stereocenters. The second-order valence-electron chi connectivity index (χ2n) is 3.20. The van der Waals surface area contributed by atoms with Crippen LogP contribution in [-0.4, -0.2) is 11.3 Å². The summed E-state index contributed by atoms with van der Waals surface area (Å²) in [5, 5.41) is 0. The number of carbonyl (C=O) groups is 1. The van der Waals surface area contributed by atoms with Crippen molar-refractivity contribution in [3.05, 3.63) is 29.6 Å². The zero-order valence-corrected chi connectivity index (χ0v) is 9.28. The molecule has 1 aromatic rings. The van der Waals surface area contributed by atoms with E-state index in [2.05, 4.69) is 34.8 Å². The third-order valence-electron chi connectivity index (χ3n) is 1.93. The molecular weight excluding hydrogens is 230 g/mol. The molecule has 0 amide bonds. The molecular formula is C10H12BrNO. The number of rotatable bonds is 3. The first-order valence-electron chi connectivity index (χ1n) is 4.20. The van der Waals surface area contributed by atoms with Gasteiger partial charge in [0.1, 0.15) is 6.29 Å². The Bertz CT molecular complexity index is 299. The van der Waals surface area contributed by atoms with Gasteiger partial charge in [0.15, 0.2) is 0 Å². The summed E-state index contributed by atoms with van der Waals surface area (Å²) >= 11 is 3.30. The van der Waals surface area contributed by atoms with Crippen LogP contribution in [0.2, 0.25) is 0 Å². The zero-order chi connectivity index (χ0) is 9.84. The molecule has 0 bridgehead atoms. The Morgan fingerprint density at radius 2 is 2.15 bits per heavy atom. The van der Waals surface area contributed by atoms with Crippen LogP contribution < -0.4 is 0 Å². The van der Waals surface area contributed by atoms with E-state index in [4.69, 9.17) is 0 Å². The smallest absolute Gasteiger partial charge is 0.138 e. The molecule has 0 fully saturated rings. The van der Waals surface area contributed by atoms with Crippen molar-refractivity contribution in [2.75, 3.05) is 0 Å². The number of aromatic nitrogens is 1. The van der Waals surface area contributed by atoms with Crippen LogP contribution in [0.15, 0.2) is 18.5 Å². The Labute approximate surface area is 86.5 Å². The first kappa shape index (κ1) is 10.4. The third-order valence-corrected chi connectivity index (χ3v) is 2.63. The summed E-state index contributed by atoms with van der Waals surface area (Å²) in [7, 11) is 0. The molecule has 1 atom stereocenters. The lowest BCUT2D eigenvalue weighted by Gasteiger charge is -2.12. The summed E-state index contributed by atoms with van der Waals surface area (Å²) in [6.07, 6.45) is 4.37. The van der Waals surface area contributed by atoms with E-state index in [0.29, 0.717) is 5.92 Å². The second-order valence-corrected chi connectivity index (χ2v) is 4.18. The van der Waals surface area contributed by atoms with E-state index >= 15 is 0 Å². The van der Waals surface area contributed by atoms with Crippen LogP contribution in [-0.2, 0) is 4.79 Å². The van der Waals surface area contributed by atoms with E-state index in [9.17, 15) is 4.79 Å². The average Bonchev–Trinajstić information content (AvgIpc) is 2.16. The lowest BCUT2D eigenvalue weighted by atomic mass is 9.98. The highest BCUT2D eigenvalue weighted by Crippen LogP contribution is 2.27. The summed E-state index contributed by atoms with van der Waals surface area (Å²) in [5.74, 6) is 0.415. The van der Waals surface area contributed by atoms with Crippen molar-refractivity contribution >= 4 is 22.2 Å². The van der Waals surface area contributed by atoms with Crippen LogP contribution in [0.3, 0.4) is 0 Å².